The molecule has 106 valence electrons. The Hall–Kier alpha value is -1.68. The van der Waals surface area contributed by atoms with Crippen LogP contribution in [0.25, 0.3) is 11.0 Å². The third kappa shape index (κ3) is 2.48. The van der Waals surface area contributed by atoms with E-state index in [1.807, 2.05) is 35.9 Å². The van der Waals surface area contributed by atoms with Crippen molar-refractivity contribution in [2.75, 3.05) is 0 Å². The summed E-state index contributed by atoms with van der Waals surface area (Å²) in [5.41, 5.74) is 8.03. The van der Waals surface area contributed by atoms with Crippen LogP contribution < -0.4 is 5.73 Å². The number of hydrogen-bond donors (Lipinski definition) is 1. The number of hydrogen-bond acceptors (Lipinski definition) is 3. The third-order valence-electron chi connectivity index (χ3n) is 4.38. The Morgan fingerprint density at radius 2 is 2.05 bits per heavy atom. The number of carbonyl (C=O) groups is 1. The molecule has 0 bridgehead atoms. The molecule has 0 amide bonds. The van der Waals surface area contributed by atoms with Crippen LogP contribution in [0.3, 0.4) is 0 Å². The lowest BCUT2D eigenvalue weighted by Crippen LogP contribution is -2.39. The Bertz CT molecular complexity index is 638. The van der Waals surface area contributed by atoms with Crippen molar-refractivity contribution in [1.82, 2.24) is 9.55 Å². The van der Waals surface area contributed by atoms with Gasteiger partial charge in [-0.2, -0.15) is 0 Å². The molecule has 2 N–H and O–H groups in total. The molecule has 4 nitrogen and oxygen atoms in total. The normalized spacial score (nSPS) is 17.7. The molecule has 3 rings (SSSR count). The average Bonchev–Trinajstić information content (AvgIpc) is 2.96. The van der Waals surface area contributed by atoms with E-state index in [-0.39, 0.29) is 11.3 Å². The number of aryl methyl sites for hydroxylation is 1. The third-order valence-corrected chi connectivity index (χ3v) is 4.38. The number of nitrogens with two attached hydrogens (primary N) is 1. The van der Waals surface area contributed by atoms with E-state index in [4.69, 9.17) is 5.73 Å². The van der Waals surface area contributed by atoms with Gasteiger partial charge in [-0.05, 0) is 25.0 Å². The fraction of sp³-hybridized carbons (Fsp3) is 0.500. The molecule has 1 saturated carbocycles. The summed E-state index contributed by atoms with van der Waals surface area (Å²) >= 11 is 0. The molecule has 4 heteroatoms. The van der Waals surface area contributed by atoms with Crippen LogP contribution >= 0.6 is 0 Å². The fourth-order valence-corrected chi connectivity index (χ4v) is 3.24. The second-order valence-electron chi connectivity index (χ2n) is 6.04. The number of benzene rings is 1. The second-order valence-corrected chi connectivity index (χ2v) is 6.04. The summed E-state index contributed by atoms with van der Waals surface area (Å²) in [6, 6.07) is 7.96. The average molecular weight is 271 g/mol. The van der Waals surface area contributed by atoms with Gasteiger partial charge in [-0.3, -0.25) is 4.79 Å². The Kier molecular flexibility index (Phi) is 3.34. The lowest BCUT2D eigenvalue weighted by molar-refractivity contribution is -0.119. The van der Waals surface area contributed by atoms with E-state index in [1.54, 1.807) is 0 Å². The first kappa shape index (κ1) is 13.3. The van der Waals surface area contributed by atoms with Gasteiger partial charge in [-0.15, -0.1) is 0 Å². The Morgan fingerprint density at radius 3 is 2.75 bits per heavy atom. The van der Waals surface area contributed by atoms with Gasteiger partial charge >= 0.3 is 0 Å². The molecule has 0 atom stereocenters. The number of nitrogens with zero attached hydrogens (tertiary/aromatic N) is 2. The molecule has 1 aliphatic carbocycles. The Morgan fingerprint density at radius 1 is 1.35 bits per heavy atom. The van der Waals surface area contributed by atoms with Crippen LogP contribution in [0, 0.1) is 0 Å². The molecular formula is C16H21N3O. The molecule has 0 radical (unpaired) electrons. The molecule has 0 saturated heterocycles. The van der Waals surface area contributed by atoms with Crippen molar-refractivity contribution in [1.29, 1.82) is 0 Å². The molecule has 0 unspecified atom stereocenters. The largest absolute Gasteiger partial charge is 0.331 e. The Labute approximate surface area is 119 Å². The highest BCUT2D eigenvalue weighted by molar-refractivity contribution is 5.83. The zero-order valence-electron chi connectivity index (χ0n) is 11.9. The summed E-state index contributed by atoms with van der Waals surface area (Å²) in [6.07, 6.45) is 5.11. The predicted octanol–water partition coefficient (Wildman–Crippen LogP) is 2.35. The SMILES string of the molecule is Cn1c(CC(=O)CC2(N)CCCC2)nc2ccccc21. The van der Waals surface area contributed by atoms with E-state index in [0.717, 1.165) is 42.5 Å². The maximum atomic E-state index is 12.3. The number of rotatable bonds is 4. The number of aromatic nitrogens is 2. The van der Waals surface area contributed by atoms with Gasteiger partial charge in [-0.25, -0.2) is 4.98 Å². The highest BCUT2D eigenvalue weighted by Gasteiger charge is 2.31. The van der Waals surface area contributed by atoms with E-state index in [9.17, 15) is 4.79 Å². The van der Waals surface area contributed by atoms with Crippen LogP contribution in [0.4, 0.5) is 0 Å². The minimum Gasteiger partial charge on any atom is -0.331 e. The fourth-order valence-electron chi connectivity index (χ4n) is 3.24. The molecule has 2 aromatic rings. The van der Waals surface area contributed by atoms with E-state index >= 15 is 0 Å². The summed E-state index contributed by atoms with van der Waals surface area (Å²) in [7, 11) is 1.96. The van der Waals surface area contributed by atoms with Crippen molar-refractivity contribution in [3.8, 4) is 0 Å². The number of imidazole rings is 1. The maximum Gasteiger partial charge on any atom is 0.142 e. The summed E-state index contributed by atoms with van der Waals surface area (Å²) in [5.74, 6) is 1.03. The van der Waals surface area contributed by atoms with Crippen LogP contribution in [0.15, 0.2) is 24.3 Å². The first-order chi connectivity index (χ1) is 9.57. The van der Waals surface area contributed by atoms with Gasteiger partial charge in [0.15, 0.2) is 0 Å². The van der Waals surface area contributed by atoms with E-state index in [0.29, 0.717) is 12.8 Å². The van der Waals surface area contributed by atoms with Gasteiger partial charge in [0, 0.05) is 19.0 Å². The van der Waals surface area contributed by atoms with Gasteiger partial charge in [0.05, 0.1) is 17.5 Å². The molecule has 1 heterocycles. The number of para-hydroxylation sites is 2. The molecule has 20 heavy (non-hydrogen) atoms. The zero-order valence-corrected chi connectivity index (χ0v) is 11.9. The zero-order chi connectivity index (χ0) is 14.2. The van der Waals surface area contributed by atoms with Crippen molar-refractivity contribution < 1.29 is 4.79 Å². The van der Waals surface area contributed by atoms with Crippen LogP contribution in [0.1, 0.15) is 37.9 Å². The van der Waals surface area contributed by atoms with Gasteiger partial charge < -0.3 is 10.3 Å². The molecule has 1 aromatic carbocycles. The van der Waals surface area contributed by atoms with Gasteiger partial charge in [0.1, 0.15) is 11.6 Å². The van der Waals surface area contributed by atoms with E-state index in [1.165, 1.54) is 0 Å². The summed E-state index contributed by atoms with van der Waals surface area (Å²) in [6.45, 7) is 0. The minimum atomic E-state index is -0.262. The second kappa shape index (κ2) is 5.02. The van der Waals surface area contributed by atoms with Crippen molar-refractivity contribution in [3.05, 3.63) is 30.1 Å². The van der Waals surface area contributed by atoms with Crippen LogP contribution in [-0.2, 0) is 18.3 Å². The van der Waals surface area contributed by atoms with Gasteiger partial charge in [-0.1, -0.05) is 25.0 Å². The maximum absolute atomic E-state index is 12.3. The topological polar surface area (TPSA) is 60.9 Å². The molecule has 1 aromatic heterocycles. The number of carbonyl (C=O) groups excluding carboxylic acids is 1. The summed E-state index contributed by atoms with van der Waals surface area (Å²) in [5, 5.41) is 0. The first-order valence-corrected chi connectivity index (χ1v) is 7.28. The van der Waals surface area contributed by atoms with Gasteiger partial charge in [0.2, 0.25) is 0 Å². The monoisotopic (exact) mass is 271 g/mol. The molecule has 1 fully saturated rings. The predicted molar refractivity (Wildman–Crippen MR) is 79.4 cm³/mol. The highest BCUT2D eigenvalue weighted by Crippen LogP contribution is 2.30. The quantitative estimate of drug-likeness (QED) is 0.928. The van der Waals surface area contributed by atoms with Crippen molar-refractivity contribution in [2.24, 2.45) is 12.8 Å². The van der Waals surface area contributed by atoms with Crippen LogP contribution in [-0.4, -0.2) is 20.9 Å². The smallest absolute Gasteiger partial charge is 0.142 e. The highest BCUT2D eigenvalue weighted by atomic mass is 16.1. The van der Waals surface area contributed by atoms with Crippen LogP contribution in [0.2, 0.25) is 0 Å². The number of ketones is 1. The summed E-state index contributed by atoms with van der Waals surface area (Å²) < 4.78 is 2.01. The molecular weight excluding hydrogens is 250 g/mol. The van der Waals surface area contributed by atoms with Crippen molar-refractivity contribution >= 4 is 16.8 Å². The van der Waals surface area contributed by atoms with Crippen molar-refractivity contribution in [3.63, 3.8) is 0 Å². The van der Waals surface area contributed by atoms with E-state index < -0.39 is 0 Å². The number of Topliss-reactive ketones (excluding diaryl/α,β-unsaturated/α-hetero) is 1. The summed E-state index contributed by atoms with van der Waals surface area (Å²) in [4.78, 5) is 16.8. The lowest BCUT2D eigenvalue weighted by Gasteiger charge is -2.22. The number of fused-ring (bicyclic) bond motifs is 1. The Balaban J connectivity index is 1.76. The van der Waals surface area contributed by atoms with Crippen LogP contribution in [0.5, 0.6) is 0 Å². The lowest BCUT2D eigenvalue weighted by atomic mass is 9.91. The minimum absolute atomic E-state index is 0.202. The van der Waals surface area contributed by atoms with Crippen molar-refractivity contribution in [2.45, 2.75) is 44.1 Å². The van der Waals surface area contributed by atoms with E-state index in [2.05, 4.69) is 4.98 Å². The molecule has 0 spiro atoms. The standard InChI is InChI=1S/C16H21N3O/c1-19-14-7-3-2-6-13(14)18-15(19)10-12(20)11-16(17)8-4-5-9-16/h2-3,6-7H,4-5,8-11,17H2,1H3. The van der Waals surface area contributed by atoms with Gasteiger partial charge in [0.25, 0.3) is 0 Å². The first-order valence-electron chi connectivity index (χ1n) is 7.28. The molecule has 1 aliphatic rings. The molecule has 0 aliphatic heterocycles.